The first kappa shape index (κ1) is 19.1. The van der Waals surface area contributed by atoms with E-state index in [1.165, 1.54) is 0 Å². The number of aromatic nitrogens is 4. The third-order valence-electron chi connectivity index (χ3n) is 5.00. The molecule has 1 aromatic carbocycles. The van der Waals surface area contributed by atoms with Crippen LogP contribution < -0.4 is 10.6 Å². The van der Waals surface area contributed by atoms with E-state index in [2.05, 4.69) is 37.4 Å². The molecule has 1 saturated heterocycles. The molecule has 2 N–H and O–H groups in total. The number of benzene rings is 1. The summed E-state index contributed by atoms with van der Waals surface area (Å²) in [6, 6.07) is 8.84. The Morgan fingerprint density at radius 2 is 1.83 bits per heavy atom. The van der Waals surface area contributed by atoms with Crippen molar-refractivity contribution in [3.63, 3.8) is 0 Å². The van der Waals surface area contributed by atoms with E-state index < -0.39 is 0 Å². The summed E-state index contributed by atoms with van der Waals surface area (Å²) < 4.78 is 5.77. The molecule has 29 heavy (non-hydrogen) atoms. The van der Waals surface area contributed by atoms with Crippen LogP contribution in [0, 0.1) is 0 Å². The molecule has 1 aliphatic rings. The number of hydrogen-bond donors (Lipinski definition) is 2. The van der Waals surface area contributed by atoms with Crippen molar-refractivity contribution in [3.8, 4) is 22.8 Å². The van der Waals surface area contributed by atoms with Crippen molar-refractivity contribution in [2.45, 2.75) is 18.9 Å². The molecule has 0 amide bonds. The van der Waals surface area contributed by atoms with Gasteiger partial charge in [0.15, 0.2) is 0 Å². The third-order valence-corrected chi connectivity index (χ3v) is 5.00. The zero-order chi connectivity index (χ0) is 20.2. The minimum atomic E-state index is 0.345. The molecular formula is C21H25N7O. The number of anilines is 1. The predicted molar refractivity (Wildman–Crippen MR) is 113 cm³/mol. The molecular weight excluding hydrogens is 366 g/mol. The second-order valence-corrected chi connectivity index (χ2v) is 7.29. The molecule has 8 nitrogen and oxygen atoms in total. The van der Waals surface area contributed by atoms with Gasteiger partial charge >= 0.3 is 6.01 Å². The van der Waals surface area contributed by atoms with Crippen LogP contribution in [-0.4, -0.2) is 58.3 Å². The molecule has 1 aliphatic heterocycles. The number of piperidine rings is 1. The van der Waals surface area contributed by atoms with Gasteiger partial charge < -0.3 is 20.0 Å². The fourth-order valence-electron chi connectivity index (χ4n) is 3.23. The van der Waals surface area contributed by atoms with Gasteiger partial charge in [-0.1, -0.05) is 35.9 Å². The van der Waals surface area contributed by atoms with Gasteiger partial charge in [0.05, 0.1) is 18.1 Å². The third kappa shape index (κ3) is 4.43. The molecule has 0 atom stereocenters. The average Bonchev–Trinajstić information content (AvgIpc) is 3.22. The molecule has 1 fully saturated rings. The number of hydrogen-bond acceptors (Lipinski definition) is 8. The molecule has 3 heterocycles. The predicted octanol–water partition coefficient (Wildman–Crippen LogP) is 2.89. The maximum absolute atomic E-state index is 5.77. The van der Waals surface area contributed by atoms with Gasteiger partial charge in [-0.2, -0.15) is 0 Å². The molecule has 150 valence electrons. The summed E-state index contributed by atoms with van der Waals surface area (Å²) in [5, 5.41) is 14.9. The van der Waals surface area contributed by atoms with E-state index in [9.17, 15) is 0 Å². The zero-order valence-corrected chi connectivity index (χ0v) is 16.7. The van der Waals surface area contributed by atoms with Gasteiger partial charge in [-0.05, 0) is 31.5 Å². The topological polar surface area (TPSA) is 92.0 Å². The smallest absolute Gasteiger partial charge is 0.316 e. The average molecular weight is 391 g/mol. The lowest BCUT2D eigenvalue weighted by Crippen LogP contribution is -2.35. The maximum atomic E-state index is 5.77. The normalized spacial score (nSPS) is 14.6. The van der Waals surface area contributed by atoms with Crippen LogP contribution in [0.1, 0.15) is 18.4 Å². The van der Waals surface area contributed by atoms with E-state index in [-0.39, 0.29) is 0 Å². The Bertz CT molecular complexity index is 975. The zero-order valence-electron chi connectivity index (χ0n) is 16.7. The lowest BCUT2D eigenvalue weighted by molar-refractivity contribution is 0.464. The first-order valence-corrected chi connectivity index (χ1v) is 9.70. The second-order valence-electron chi connectivity index (χ2n) is 7.29. The minimum absolute atomic E-state index is 0.345. The Labute approximate surface area is 170 Å². The van der Waals surface area contributed by atoms with E-state index in [0.29, 0.717) is 23.6 Å². The Balaban J connectivity index is 1.51. The molecule has 3 aromatic rings. The fourth-order valence-corrected chi connectivity index (χ4v) is 3.23. The van der Waals surface area contributed by atoms with Crippen molar-refractivity contribution in [2.24, 2.45) is 0 Å². The summed E-state index contributed by atoms with van der Waals surface area (Å²) in [6.07, 6.45) is 5.42. The van der Waals surface area contributed by atoms with Gasteiger partial charge in [-0.25, -0.2) is 4.98 Å². The second kappa shape index (κ2) is 8.40. The summed E-state index contributed by atoms with van der Waals surface area (Å²) in [4.78, 5) is 10.9. The molecule has 4 rings (SSSR count). The van der Waals surface area contributed by atoms with Crippen LogP contribution in [0.15, 0.2) is 47.7 Å². The number of rotatable bonds is 6. The van der Waals surface area contributed by atoms with Crippen LogP contribution in [0.4, 0.5) is 6.01 Å². The highest BCUT2D eigenvalue weighted by atomic mass is 16.4. The van der Waals surface area contributed by atoms with Crippen LogP contribution >= 0.6 is 0 Å². The Morgan fingerprint density at radius 1 is 1.10 bits per heavy atom. The van der Waals surface area contributed by atoms with Gasteiger partial charge in [0, 0.05) is 31.4 Å². The summed E-state index contributed by atoms with van der Waals surface area (Å²) in [5.41, 5.74) is 4.28. The van der Waals surface area contributed by atoms with E-state index in [1.54, 1.807) is 12.4 Å². The van der Waals surface area contributed by atoms with Crippen molar-refractivity contribution in [1.82, 2.24) is 30.4 Å². The first-order chi connectivity index (χ1) is 14.1. The highest BCUT2D eigenvalue weighted by Gasteiger charge is 2.17. The fraction of sp³-hybridized carbons (Fsp3) is 0.333. The molecule has 0 bridgehead atoms. The quantitative estimate of drug-likeness (QED) is 0.663. The van der Waals surface area contributed by atoms with Crippen LogP contribution in [0.5, 0.6) is 0 Å². The summed E-state index contributed by atoms with van der Waals surface area (Å²) in [5.74, 6) is 0.355. The minimum Gasteiger partial charge on any atom is -0.402 e. The molecule has 0 saturated carbocycles. The maximum Gasteiger partial charge on any atom is 0.316 e. The van der Waals surface area contributed by atoms with Crippen molar-refractivity contribution in [2.75, 3.05) is 32.5 Å². The van der Waals surface area contributed by atoms with Crippen molar-refractivity contribution >= 4 is 11.7 Å². The van der Waals surface area contributed by atoms with Crippen LogP contribution in [0.3, 0.4) is 0 Å². The van der Waals surface area contributed by atoms with E-state index >= 15 is 0 Å². The van der Waals surface area contributed by atoms with Gasteiger partial charge in [0.2, 0.25) is 0 Å². The number of nitrogens with zero attached hydrogens (tertiary/aromatic N) is 5. The summed E-state index contributed by atoms with van der Waals surface area (Å²) in [6.45, 7) is 6.07. The summed E-state index contributed by atoms with van der Waals surface area (Å²) in [7, 11) is 3.95. The molecule has 0 spiro atoms. The van der Waals surface area contributed by atoms with Gasteiger partial charge in [0.25, 0.3) is 5.89 Å². The van der Waals surface area contributed by atoms with Crippen molar-refractivity contribution < 1.29 is 4.42 Å². The lowest BCUT2D eigenvalue weighted by atomic mass is 10.1. The molecule has 0 radical (unpaired) electrons. The Hall–Kier alpha value is -3.26. The SMILES string of the molecule is C=C(c1ccc(-c2cncc(-c3nnc(NC4CCNCC4)o3)n2)cc1)N(C)C. The molecule has 0 aliphatic carbocycles. The van der Waals surface area contributed by atoms with Crippen LogP contribution in [-0.2, 0) is 0 Å². The molecule has 8 heteroatoms. The largest absolute Gasteiger partial charge is 0.402 e. The van der Waals surface area contributed by atoms with Crippen LogP contribution in [0.25, 0.3) is 28.5 Å². The molecule has 0 unspecified atom stereocenters. The Morgan fingerprint density at radius 3 is 2.55 bits per heavy atom. The van der Waals surface area contributed by atoms with E-state index in [4.69, 9.17) is 4.42 Å². The highest BCUT2D eigenvalue weighted by molar-refractivity contribution is 5.67. The molecule has 2 aromatic heterocycles. The van der Waals surface area contributed by atoms with Crippen LogP contribution in [0.2, 0.25) is 0 Å². The van der Waals surface area contributed by atoms with E-state index in [1.807, 2.05) is 43.3 Å². The van der Waals surface area contributed by atoms with Gasteiger partial charge in [0.1, 0.15) is 5.69 Å². The lowest BCUT2D eigenvalue weighted by Gasteiger charge is -2.22. The first-order valence-electron chi connectivity index (χ1n) is 9.70. The van der Waals surface area contributed by atoms with Crippen molar-refractivity contribution in [1.29, 1.82) is 0 Å². The van der Waals surface area contributed by atoms with Gasteiger partial charge in [-0.15, -0.1) is 5.10 Å². The van der Waals surface area contributed by atoms with Crippen molar-refractivity contribution in [3.05, 3.63) is 48.8 Å². The van der Waals surface area contributed by atoms with Gasteiger partial charge in [-0.3, -0.25) is 4.98 Å². The number of nitrogens with one attached hydrogen (secondary N) is 2. The monoisotopic (exact) mass is 391 g/mol. The Kier molecular flexibility index (Phi) is 5.53. The summed E-state index contributed by atoms with van der Waals surface area (Å²) >= 11 is 0. The highest BCUT2D eigenvalue weighted by Crippen LogP contribution is 2.24. The standard InChI is InChI=1S/C21H25N7O/c1-14(28(2)3)15-4-6-16(7-5-15)18-12-23-13-19(25-18)20-26-27-21(29-20)24-17-8-10-22-11-9-17/h4-7,12-13,17,22H,1,8-11H2,2-3H3,(H,24,27). The van der Waals surface area contributed by atoms with E-state index in [0.717, 1.165) is 48.4 Å².